The van der Waals surface area contributed by atoms with Gasteiger partial charge in [-0.05, 0) is 54.6 Å². The minimum atomic E-state index is -0.432. The molecule has 2 amide bonds. The van der Waals surface area contributed by atoms with E-state index in [1.807, 2.05) is 6.26 Å². The van der Waals surface area contributed by atoms with Gasteiger partial charge in [-0.1, -0.05) is 18.2 Å². The Balaban J connectivity index is 1.84. The molecule has 0 spiro atoms. The third-order valence-corrected chi connectivity index (χ3v) is 5.39. The van der Waals surface area contributed by atoms with Crippen LogP contribution in [0.1, 0.15) is 12.0 Å². The summed E-state index contributed by atoms with van der Waals surface area (Å²) in [5, 5.41) is 6.19. The van der Waals surface area contributed by atoms with Gasteiger partial charge in [-0.2, -0.15) is 11.8 Å². The number of hydrogen-bond acceptors (Lipinski definition) is 5. The highest BCUT2D eigenvalue weighted by Crippen LogP contribution is 2.32. The molecule has 0 aliphatic carbocycles. The smallest absolute Gasteiger partial charge is 0.293 e. The summed E-state index contributed by atoms with van der Waals surface area (Å²) in [6.45, 7) is 1.34. The van der Waals surface area contributed by atoms with Gasteiger partial charge in [-0.3, -0.25) is 14.5 Å². The van der Waals surface area contributed by atoms with E-state index < -0.39 is 11.7 Å². The van der Waals surface area contributed by atoms with Crippen molar-refractivity contribution in [1.29, 1.82) is 0 Å². The van der Waals surface area contributed by atoms with E-state index in [9.17, 15) is 14.0 Å². The number of nitrogens with one attached hydrogen (secondary N) is 2. The number of benzene rings is 1. The van der Waals surface area contributed by atoms with Crippen molar-refractivity contribution in [3.8, 4) is 0 Å². The zero-order valence-corrected chi connectivity index (χ0v) is 16.7. The van der Waals surface area contributed by atoms with Gasteiger partial charge < -0.3 is 10.6 Å². The fourth-order valence-electron chi connectivity index (χ4n) is 2.19. The minimum Gasteiger partial charge on any atom is -0.363 e. The molecular formula is C17H20FN3O2S3. The van der Waals surface area contributed by atoms with Crippen molar-refractivity contribution in [2.75, 3.05) is 31.6 Å². The number of halogens is 1. The highest BCUT2D eigenvalue weighted by Gasteiger charge is 2.34. The van der Waals surface area contributed by atoms with Gasteiger partial charge in [0.2, 0.25) is 0 Å². The quantitative estimate of drug-likeness (QED) is 0.386. The Labute approximate surface area is 166 Å². The van der Waals surface area contributed by atoms with Crippen LogP contribution in [-0.4, -0.2) is 52.8 Å². The van der Waals surface area contributed by atoms with Gasteiger partial charge in [0.1, 0.15) is 5.82 Å². The van der Waals surface area contributed by atoms with E-state index in [4.69, 9.17) is 12.2 Å². The van der Waals surface area contributed by atoms with Crippen LogP contribution in [0.15, 0.2) is 29.2 Å². The lowest BCUT2D eigenvalue weighted by molar-refractivity contribution is -0.122. The Kier molecular flexibility index (Phi) is 8.40. The SMILES string of the molecule is CSCCCNC(=S)NCCN1C(=O)S/C(=C\c2ccccc2F)C1=O. The number of imide groups is 1. The maximum atomic E-state index is 13.7. The predicted octanol–water partition coefficient (Wildman–Crippen LogP) is 3.08. The van der Waals surface area contributed by atoms with Crippen LogP contribution in [0.3, 0.4) is 0 Å². The number of carbonyl (C=O) groups is 2. The third kappa shape index (κ3) is 6.00. The summed E-state index contributed by atoms with van der Waals surface area (Å²) in [5.41, 5.74) is 0.284. The third-order valence-electron chi connectivity index (χ3n) is 3.50. The van der Waals surface area contributed by atoms with Crippen LogP contribution in [0.2, 0.25) is 0 Å². The molecule has 1 saturated heterocycles. The standard InChI is InChI=1S/C17H20FN3O2S3/c1-25-10-4-7-19-16(24)20-8-9-21-15(22)14(26-17(21)23)11-12-5-2-3-6-13(12)18/h2-3,5-6,11H,4,7-10H2,1H3,(H2,19,20,24)/b14-11-. The molecule has 140 valence electrons. The zero-order chi connectivity index (χ0) is 18.9. The van der Waals surface area contributed by atoms with Crippen molar-refractivity contribution in [2.45, 2.75) is 6.42 Å². The van der Waals surface area contributed by atoms with E-state index in [1.54, 1.807) is 30.0 Å². The molecule has 1 aliphatic heterocycles. The monoisotopic (exact) mass is 413 g/mol. The number of nitrogens with zero attached hydrogens (tertiary/aromatic N) is 1. The molecule has 1 heterocycles. The lowest BCUT2D eigenvalue weighted by Gasteiger charge is -2.14. The van der Waals surface area contributed by atoms with E-state index >= 15 is 0 Å². The topological polar surface area (TPSA) is 61.4 Å². The Morgan fingerprint density at radius 2 is 2.04 bits per heavy atom. The van der Waals surface area contributed by atoms with Crippen LogP contribution >= 0.6 is 35.7 Å². The second-order valence-corrected chi connectivity index (χ2v) is 7.77. The summed E-state index contributed by atoms with van der Waals surface area (Å²) in [5.74, 6) is 0.212. The maximum Gasteiger partial charge on any atom is 0.293 e. The fraction of sp³-hybridized carbons (Fsp3) is 0.353. The molecule has 1 aromatic rings. The molecule has 2 N–H and O–H groups in total. The van der Waals surface area contributed by atoms with Crippen molar-refractivity contribution >= 4 is 58.1 Å². The van der Waals surface area contributed by atoms with E-state index in [0.29, 0.717) is 11.7 Å². The van der Waals surface area contributed by atoms with Crippen molar-refractivity contribution < 1.29 is 14.0 Å². The Morgan fingerprint density at radius 1 is 1.31 bits per heavy atom. The minimum absolute atomic E-state index is 0.200. The predicted molar refractivity (Wildman–Crippen MR) is 111 cm³/mol. The van der Waals surface area contributed by atoms with Crippen LogP contribution in [0.4, 0.5) is 9.18 Å². The first-order chi connectivity index (χ1) is 12.5. The van der Waals surface area contributed by atoms with E-state index in [1.165, 1.54) is 12.1 Å². The summed E-state index contributed by atoms with van der Waals surface area (Å²) >= 11 is 7.74. The van der Waals surface area contributed by atoms with Crippen LogP contribution in [0, 0.1) is 5.82 Å². The maximum absolute atomic E-state index is 13.7. The number of thioether (sulfide) groups is 2. The first-order valence-corrected chi connectivity index (χ1v) is 10.7. The molecule has 0 bridgehead atoms. The molecular weight excluding hydrogens is 393 g/mol. The average molecular weight is 414 g/mol. The largest absolute Gasteiger partial charge is 0.363 e. The van der Waals surface area contributed by atoms with Gasteiger partial charge in [0.15, 0.2) is 5.11 Å². The van der Waals surface area contributed by atoms with Gasteiger partial charge in [-0.15, -0.1) is 0 Å². The first-order valence-electron chi connectivity index (χ1n) is 8.03. The lowest BCUT2D eigenvalue weighted by Crippen LogP contribution is -2.41. The van der Waals surface area contributed by atoms with Crippen molar-refractivity contribution in [2.24, 2.45) is 0 Å². The second-order valence-electron chi connectivity index (χ2n) is 5.38. The van der Waals surface area contributed by atoms with E-state index in [0.717, 1.165) is 35.4 Å². The highest BCUT2D eigenvalue weighted by atomic mass is 32.2. The fourth-order valence-corrected chi connectivity index (χ4v) is 3.68. The number of carbonyl (C=O) groups excluding carboxylic acids is 2. The summed E-state index contributed by atoms with van der Waals surface area (Å²) in [6.07, 6.45) is 4.46. The second kappa shape index (κ2) is 10.5. The van der Waals surface area contributed by atoms with Gasteiger partial charge in [0, 0.05) is 25.2 Å². The molecule has 0 atom stereocenters. The zero-order valence-electron chi connectivity index (χ0n) is 14.3. The van der Waals surface area contributed by atoms with E-state index in [-0.39, 0.29) is 22.3 Å². The van der Waals surface area contributed by atoms with Crippen LogP contribution in [-0.2, 0) is 4.79 Å². The van der Waals surface area contributed by atoms with Gasteiger partial charge >= 0.3 is 0 Å². The van der Waals surface area contributed by atoms with Gasteiger partial charge in [0.25, 0.3) is 11.1 Å². The summed E-state index contributed by atoms with van der Waals surface area (Å²) in [7, 11) is 0. The number of thiocarbonyl (C=S) groups is 1. The summed E-state index contributed by atoms with van der Waals surface area (Å²) in [4.78, 5) is 25.8. The molecule has 0 aromatic heterocycles. The molecule has 0 radical (unpaired) electrons. The number of hydrogen-bond donors (Lipinski definition) is 2. The van der Waals surface area contributed by atoms with Gasteiger partial charge in [-0.25, -0.2) is 4.39 Å². The first kappa shape index (κ1) is 20.7. The molecule has 0 saturated carbocycles. The summed E-state index contributed by atoms with van der Waals surface area (Å²) < 4.78 is 13.7. The van der Waals surface area contributed by atoms with Crippen molar-refractivity contribution in [3.05, 3.63) is 40.6 Å². The van der Waals surface area contributed by atoms with E-state index in [2.05, 4.69) is 10.6 Å². The van der Waals surface area contributed by atoms with Crippen LogP contribution in [0.5, 0.6) is 0 Å². The molecule has 1 aliphatic rings. The lowest BCUT2D eigenvalue weighted by atomic mass is 10.2. The molecule has 2 rings (SSSR count). The molecule has 1 aromatic carbocycles. The Hall–Kier alpha value is -1.58. The van der Waals surface area contributed by atoms with Crippen LogP contribution in [0.25, 0.3) is 6.08 Å². The Morgan fingerprint density at radius 3 is 2.77 bits per heavy atom. The van der Waals surface area contributed by atoms with Crippen LogP contribution < -0.4 is 10.6 Å². The molecule has 5 nitrogen and oxygen atoms in total. The normalized spacial score (nSPS) is 15.6. The molecule has 9 heteroatoms. The molecule has 1 fully saturated rings. The number of rotatable bonds is 8. The Bertz CT molecular complexity index is 712. The molecule has 0 unspecified atom stereocenters. The van der Waals surface area contributed by atoms with Crippen molar-refractivity contribution in [1.82, 2.24) is 15.5 Å². The highest BCUT2D eigenvalue weighted by molar-refractivity contribution is 8.18. The molecule has 26 heavy (non-hydrogen) atoms. The average Bonchev–Trinajstić information content (AvgIpc) is 2.88. The van der Waals surface area contributed by atoms with Gasteiger partial charge in [0.05, 0.1) is 4.91 Å². The number of amides is 2. The van der Waals surface area contributed by atoms with Crippen molar-refractivity contribution in [3.63, 3.8) is 0 Å². The summed E-state index contributed by atoms with van der Waals surface area (Å²) in [6, 6.07) is 6.12.